The van der Waals surface area contributed by atoms with Gasteiger partial charge in [0.15, 0.2) is 0 Å². The molecular formula is C14H20N2O3S. The van der Waals surface area contributed by atoms with Crippen molar-refractivity contribution >= 4 is 29.3 Å². The molecule has 6 heteroatoms. The van der Waals surface area contributed by atoms with Gasteiger partial charge in [-0.1, -0.05) is 12.8 Å². The fourth-order valence-electron chi connectivity index (χ4n) is 1.64. The van der Waals surface area contributed by atoms with Gasteiger partial charge in [0.2, 0.25) is 5.91 Å². The Bertz CT molecular complexity index is 469. The number of hydrogen-bond donors (Lipinski definition) is 2. The van der Waals surface area contributed by atoms with Gasteiger partial charge in [-0.15, -0.1) is 11.3 Å². The molecule has 0 unspecified atom stereocenters. The standard InChI is InChI=1S/C14H20N2O3S/c1-11-16-12(10-20-11)7-8-13(17)15-9-5-3-2-4-6-14(18)19/h7-8,10H,2-6,9H2,1H3,(H,15,17)(H,18,19)/b8-7+. The summed E-state index contributed by atoms with van der Waals surface area (Å²) in [5, 5.41) is 14.1. The van der Waals surface area contributed by atoms with Gasteiger partial charge >= 0.3 is 5.97 Å². The van der Waals surface area contributed by atoms with Gasteiger partial charge in [-0.3, -0.25) is 9.59 Å². The molecule has 20 heavy (non-hydrogen) atoms. The Hall–Kier alpha value is -1.69. The second-order valence-electron chi connectivity index (χ2n) is 4.47. The second kappa shape index (κ2) is 9.25. The molecule has 1 aromatic heterocycles. The molecule has 1 rings (SSSR count). The molecule has 1 aromatic rings. The quantitative estimate of drug-likeness (QED) is 0.542. The lowest BCUT2D eigenvalue weighted by Gasteiger charge is -2.01. The van der Waals surface area contributed by atoms with Crippen molar-refractivity contribution in [3.05, 3.63) is 22.2 Å². The number of carboxylic acid groups (broad SMARTS) is 1. The smallest absolute Gasteiger partial charge is 0.303 e. The molecule has 0 saturated heterocycles. The lowest BCUT2D eigenvalue weighted by molar-refractivity contribution is -0.137. The number of rotatable bonds is 9. The number of aromatic nitrogens is 1. The monoisotopic (exact) mass is 296 g/mol. The Morgan fingerprint density at radius 3 is 2.75 bits per heavy atom. The number of hydrogen-bond acceptors (Lipinski definition) is 4. The van der Waals surface area contributed by atoms with Crippen molar-refractivity contribution in [2.75, 3.05) is 6.54 Å². The molecule has 0 aromatic carbocycles. The Balaban J connectivity index is 2.05. The zero-order valence-electron chi connectivity index (χ0n) is 11.6. The third-order valence-electron chi connectivity index (χ3n) is 2.66. The SMILES string of the molecule is Cc1nc(/C=C/C(=O)NCCCCCCC(=O)O)cs1. The van der Waals surface area contributed by atoms with Crippen LogP contribution in [0.5, 0.6) is 0 Å². The highest BCUT2D eigenvalue weighted by Crippen LogP contribution is 2.09. The molecule has 5 nitrogen and oxygen atoms in total. The van der Waals surface area contributed by atoms with Crippen LogP contribution in [0.25, 0.3) is 6.08 Å². The van der Waals surface area contributed by atoms with Crippen molar-refractivity contribution in [2.24, 2.45) is 0 Å². The highest BCUT2D eigenvalue weighted by atomic mass is 32.1. The molecule has 0 aliphatic heterocycles. The molecule has 1 heterocycles. The van der Waals surface area contributed by atoms with E-state index >= 15 is 0 Å². The highest BCUT2D eigenvalue weighted by Gasteiger charge is 1.98. The number of thiazole rings is 1. The summed E-state index contributed by atoms with van der Waals surface area (Å²) >= 11 is 1.55. The van der Waals surface area contributed by atoms with Crippen molar-refractivity contribution in [3.8, 4) is 0 Å². The Kier molecular flexibility index (Phi) is 7.57. The van der Waals surface area contributed by atoms with Crippen LogP contribution in [0.1, 0.15) is 42.8 Å². The molecular weight excluding hydrogens is 276 g/mol. The average Bonchev–Trinajstić information content (AvgIpc) is 2.81. The van der Waals surface area contributed by atoms with Crippen LogP contribution < -0.4 is 5.32 Å². The van der Waals surface area contributed by atoms with Crippen molar-refractivity contribution in [1.29, 1.82) is 0 Å². The maximum Gasteiger partial charge on any atom is 0.303 e. The number of aryl methyl sites for hydroxylation is 1. The van der Waals surface area contributed by atoms with Gasteiger partial charge in [0.25, 0.3) is 0 Å². The molecule has 1 amide bonds. The van der Waals surface area contributed by atoms with Crippen LogP contribution in [-0.2, 0) is 9.59 Å². The zero-order chi connectivity index (χ0) is 14.8. The summed E-state index contributed by atoms with van der Waals surface area (Å²) in [6.45, 7) is 2.54. The lowest BCUT2D eigenvalue weighted by Crippen LogP contribution is -2.21. The molecule has 0 aliphatic carbocycles. The predicted molar refractivity (Wildman–Crippen MR) is 79.6 cm³/mol. The van der Waals surface area contributed by atoms with Crippen LogP contribution in [0.3, 0.4) is 0 Å². The van der Waals surface area contributed by atoms with Gasteiger partial charge in [0.1, 0.15) is 0 Å². The van der Waals surface area contributed by atoms with Crippen LogP contribution in [-0.4, -0.2) is 28.5 Å². The minimum Gasteiger partial charge on any atom is -0.481 e. The normalized spacial score (nSPS) is 10.8. The van der Waals surface area contributed by atoms with E-state index < -0.39 is 5.97 Å². The molecule has 0 aliphatic rings. The van der Waals surface area contributed by atoms with Crippen molar-refractivity contribution < 1.29 is 14.7 Å². The Labute approximate surface area is 122 Å². The average molecular weight is 296 g/mol. The summed E-state index contributed by atoms with van der Waals surface area (Å²) in [5.41, 5.74) is 0.802. The fraction of sp³-hybridized carbons (Fsp3) is 0.500. The topological polar surface area (TPSA) is 79.3 Å². The van der Waals surface area contributed by atoms with Crippen molar-refractivity contribution in [1.82, 2.24) is 10.3 Å². The zero-order valence-corrected chi connectivity index (χ0v) is 12.4. The first-order valence-electron chi connectivity index (χ1n) is 6.68. The predicted octanol–water partition coefficient (Wildman–Crippen LogP) is 2.62. The highest BCUT2D eigenvalue weighted by molar-refractivity contribution is 7.09. The van der Waals surface area contributed by atoms with E-state index in [1.807, 2.05) is 12.3 Å². The van der Waals surface area contributed by atoms with Gasteiger partial charge in [-0.25, -0.2) is 4.98 Å². The fourth-order valence-corrected chi connectivity index (χ4v) is 2.22. The third kappa shape index (κ3) is 7.68. The first-order chi connectivity index (χ1) is 9.58. The van der Waals surface area contributed by atoms with E-state index in [0.29, 0.717) is 13.0 Å². The van der Waals surface area contributed by atoms with E-state index in [1.165, 1.54) is 6.08 Å². The van der Waals surface area contributed by atoms with E-state index in [0.717, 1.165) is 30.0 Å². The summed E-state index contributed by atoms with van der Waals surface area (Å²) in [5.74, 6) is -0.873. The van der Waals surface area contributed by atoms with Crippen molar-refractivity contribution in [2.45, 2.75) is 39.0 Å². The maximum atomic E-state index is 11.5. The summed E-state index contributed by atoms with van der Waals surface area (Å²) in [4.78, 5) is 26.0. The number of amides is 1. The van der Waals surface area contributed by atoms with Crippen LogP contribution in [0.15, 0.2) is 11.5 Å². The molecule has 0 bridgehead atoms. The lowest BCUT2D eigenvalue weighted by atomic mass is 10.1. The Morgan fingerprint density at radius 1 is 1.35 bits per heavy atom. The second-order valence-corrected chi connectivity index (χ2v) is 5.54. The van der Waals surface area contributed by atoms with Crippen LogP contribution >= 0.6 is 11.3 Å². The van der Waals surface area contributed by atoms with E-state index in [9.17, 15) is 9.59 Å². The van der Waals surface area contributed by atoms with Crippen LogP contribution in [0.4, 0.5) is 0 Å². The summed E-state index contributed by atoms with van der Waals surface area (Å²) in [7, 11) is 0. The van der Waals surface area contributed by atoms with E-state index in [2.05, 4.69) is 10.3 Å². The third-order valence-corrected chi connectivity index (χ3v) is 3.45. The van der Waals surface area contributed by atoms with Gasteiger partial charge in [-0.05, 0) is 25.8 Å². The molecule has 0 fully saturated rings. The first-order valence-corrected chi connectivity index (χ1v) is 7.56. The summed E-state index contributed by atoms with van der Waals surface area (Å²) < 4.78 is 0. The van der Waals surface area contributed by atoms with E-state index in [-0.39, 0.29) is 12.3 Å². The van der Waals surface area contributed by atoms with E-state index in [1.54, 1.807) is 17.4 Å². The number of carboxylic acids is 1. The number of unbranched alkanes of at least 4 members (excludes halogenated alkanes) is 3. The molecule has 2 N–H and O–H groups in total. The first kappa shape index (κ1) is 16.4. The molecule has 0 atom stereocenters. The van der Waals surface area contributed by atoms with Gasteiger partial charge in [-0.2, -0.15) is 0 Å². The number of aliphatic carboxylic acids is 1. The molecule has 110 valence electrons. The minimum absolute atomic E-state index is 0.124. The summed E-state index contributed by atoms with van der Waals surface area (Å²) in [6.07, 6.45) is 6.80. The number of nitrogens with zero attached hydrogens (tertiary/aromatic N) is 1. The molecule has 0 saturated carbocycles. The minimum atomic E-state index is -0.749. The van der Waals surface area contributed by atoms with E-state index in [4.69, 9.17) is 5.11 Å². The van der Waals surface area contributed by atoms with Crippen LogP contribution in [0, 0.1) is 6.92 Å². The maximum absolute atomic E-state index is 11.5. The number of carbonyl (C=O) groups excluding carboxylic acids is 1. The van der Waals surface area contributed by atoms with Gasteiger partial charge < -0.3 is 10.4 Å². The van der Waals surface area contributed by atoms with Gasteiger partial charge in [0, 0.05) is 24.4 Å². The number of carbonyl (C=O) groups is 2. The van der Waals surface area contributed by atoms with Crippen LogP contribution in [0.2, 0.25) is 0 Å². The Morgan fingerprint density at radius 2 is 2.10 bits per heavy atom. The van der Waals surface area contributed by atoms with Crippen molar-refractivity contribution in [3.63, 3.8) is 0 Å². The molecule has 0 radical (unpaired) electrons. The summed E-state index contributed by atoms with van der Waals surface area (Å²) in [6, 6.07) is 0. The largest absolute Gasteiger partial charge is 0.481 e. The van der Waals surface area contributed by atoms with Gasteiger partial charge in [0.05, 0.1) is 10.7 Å². The molecule has 0 spiro atoms. The number of nitrogens with one attached hydrogen (secondary N) is 1.